The molecule has 0 saturated heterocycles. The van der Waals surface area contributed by atoms with Gasteiger partial charge in [0, 0.05) is 13.0 Å². The van der Waals surface area contributed by atoms with Gasteiger partial charge in [0.15, 0.2) is 0 Å². The Labute approximate surface area is 87.5 Å². The lowest BCUT2D eigenvalue weighted by Gasteiger charge is -1.91. The summed E-state index contributed by atoms with van der Waals surface area (Å²) in [5, 5.41) is 8.07. The first-order valence-electron chi connectivity index (χ1n) is 5.37. The SMILES string of the molecule is CCCCCC(C)=O.CCOCCO. The molecule has 14 heavy (non-hydrogen) atoms. The summed E-state index contributed by atoms with van der Waals surface area (Å²) >= 11 is 0. The van der Waals surface area contributed by atoms with Crippen molar-refractivity contribution >= 4 is 5.78 Å². The highest BCUT2D eigenvalue weighted by Crippen LogP contribution is 1.98. The van der Waals surface area contributed by atoms with E-state index in [1.807, 2.05) is 6.92 Å². The Kier molecular flexibility index (Phi) is 17.3. The van der Waals surface area contributed by atoms with Gasteiger partial charge in [-0.1, -0.05) is 19.8 Å². The minimum atomic E-state index is 0.133. The summed E-state index contributed by atoms with van der Waals surface area (Å²) in [5.74, 6) is 0.318. The zero-order valence-electron chi connectivity index (χ0n) is 9.71. The van der Waals surface area contributed by atoms with Gasteiger partial charge in [0.2, 0.25) is 0 Å². The van der Waals surface area contributed by atoms with Crippen LogP contribution >= 0.6 is 0 Å². The predicted octanol–water partition coefficient (Wildman–Crippen LogP) is 2.17. The Bertz CT molecular complexity index is 109. The van der Waals surface area contributed by atoms with Crippen LogP contribution in [-0.4, -0.2) is 30.7 Å². The standard InChI is InChI=1S/C7H14O.C4H10O2/c1-3-4-5-6-7(2)8;1-2-6-4-3-5/h3-6H2,1-2H3;5H,2-4H2,1H3. The van der Waals surface area contributed by atoms with Crippen LogP contribution in [0, 0.1) is 0 Å². The Hall–Kier alpha value is -0.410. The van der Waals surface area contributed by atoms with E-state index in [0.717, 1.165) is 12.8 Å². The molecule has 0 rings (SSSR count). The second-order valence-corrected chi connectivity index (χ2v) is 3.08. The fourth-order valence-corrected chi connectivity index (χ4v) is 0.833. The lowest BCUT2D eigenvalue weighted by atomic mass is 10.2. The highest BCUT2D eigenvalue weighted by molar-refractivity contribution is 5.75. The monoisotopic (exact) mass is 204 g/mol. The van der Waals surface area contributed by atoms with Crippen molar-refractivity contribution in [2.24, 2.45) is 0 Å². The largest absolute Gasteiger partial charge is 0.394 e. The molecule has 0 aromatic carbocycles. The summed E-state index contributed by atoms with van der Waals surface area (Å²) in [6, 6.07) is 0. The van der Waals surface area contributed by atoms with Crippen molar-refractivity contribution in [1.29, 1.82) is 0 Å². The number of Topliss-reactive ketones (excluding diaryl/α,β-unsaturated/α-hetero) is 1. The fraction of sp³-hybridized carbons (Fsp3) is 0.909. The zero-order chi connectivity index (χ0) is 11.2. The molecule has 1 N–H and O–H groups in total. The van der Waals surface area contributed by atoms with Gasteiger partial charge in [-0.2, -0.15) is 0 Å². The van der Waals surface area contributed by atoms with Gasteiger partial charge in [-0.3, -0.25) is 0 Å². The summed E-state index contributed by atoms with van der Waals surface area (Å²) in [6.45, 7) is 6.98. The molecule has 0 aliphatic rings. The molecule has 0 aromatic rings. The van der Waals surface area contributed by atoms with Crippen LogP contribution < -0.4 is 0 Å². The summed E-state index contributed by atoms with van der Waals surface area (Å²) < 4.78 is 4.73. The number of hydrogen-bond donors (Lipinski definition) is 1. The molecule has 0 spiro atoms. The molecular formula is C11H24O3. The lowest BCUT2D eigenvalue weighted by Crippen LogP contribution is -1.96. The first-order valence-corrected chi connectivity index (χ1v) is 5.37. The van der Waals surface area contributed by atoms with Gasteiger partial charge in [0.25, 0.3) is 0 Å². The number of aliphatic hydroxyl groups excluding tert-OH is 1. The van der Waals surface area contributed by atoms with Crippen molar-refractivity contribution in [2.75, 3.05) is 19.8 Å². The van der Waals surface area contributed by atoms with Gasteiger partial charge in [-0.05, 0) is 20.3 Å². The number of ketones is 1. The summed E-state index contributed by atoms with van der Waals surface area (Å²) in [6.07, 6.45) is 4.24. The van der Waals surface area contributed by atoms with Crippen LogP contribution in [0.15, 0.2) is 0 Å². The Balaban J connectivity index is 0. The average molecular weight is 204 g/mol. The van der Waals surface area contributed by atoms with Gasteiger partial charge < -0.3 is 14.6 Å². The van der Waals surface area contributed by atoms with Crippen LogP contribution in [-0.2, 0) is 9.53 Å². The molecular weight excluding hydrogens is 180 g/mol. The fourth-order valence-electron chi connectivity index (χ4n) is 0.833. The molecule has 0 aliphatic heterocycles. The highest BCUT2D eigenvalue weighted by Gasteiger charge is 1.89. The van der Waals surface area contributed by atoms with E-state index in [0.29, 0.717) is 19.0 Å². The van der Waals surface area contributed by atoms with Crippen LogP contribution in [0.2, 0.25) is 0 Å². The first-order chi connectivity index (χ1) is 6.68. The smallest absolute Gasteiger partial charge is 0.129 e. The van der Waals surface area contributed by atoms with Crippen LogP contribution in [0.25, 0.3) is 0 Å². The average Bonchev–Trinajstić information content (AvgIpc) is 2.16. The topological polar surface area (TPSA) is 46.5 Å². The third-order valence-corrected chi connectivity index (χ3v) is 1.57. The normalized spacial score (nSPS) is 9.14. The second kappa shape index (κ2) is 15.1. The van der Waals surface area contributed by atoms with E-state index in [2.05, 4.69) is 6.92 Å². The quantitative estimate of drug-likeness (QED) is 0.646. The number of unbranched alkanes of at least 4 members (excludes halogenated alkanes) is 2. The van der Waals surface area contributed by atoms with E-state index in [9.17, 15) is 4.79 Å². The molecule has 0 amide bonds. The molecule has 3 nitrogen and oxygen atoms in total. The number of carbonyl (C=O) groups excluding carboxylic acids is 1. The van der Waals surface area contributed by atoms with E-state index < -0.39 is 0 Å². The number of carbonyl (C=O) groups is 1. The molecule has 86 valence electrons. The highest BCUT2D eigenvalue weighted by atomic mass is 16.5. The number of ether oxygens (including phenoxy) is 1. The molecule has 0 bridgehead atoms. The van der Waals surface area contributed by atoms with Crippen molar-refractivity contribution in [3.8, 4) is 0 Å². The molecule has 0 aliphatic carbocycles. The first kappa shape index (κ1) is 16.0. The summed E-state index contributed by atoms with van der Waals surface area (Å²) in [4.78, 5) is 10.3. The van der Waals surface area contributed by atoms with E-state index in [-0.39, 0.29) is 6.61 Å². The maximum absolute atomic E-state index is 10.3. The van der Waals surface area contributed by atoms with Gasteiger partial charge >= 0.3 is 0 Å². The van der Waals surface area contributed by atoms with E-state index in [4.69, 9.17) is 9.84 Å². The third-order valence-electron chi connectivity index (χ3n) is 1.57. The van der Waals surface area contributed by atoms with Crippen molar-refractivity contribution in [2.45, 2.75) is 46.5 Å². The third kappa shape index (κ3) is 22.6. The number of hydrogen-bond acceptors (Lipinski definition) is 3. The van der Waals surface area contributed by atoms with Gasteiger partial charge in [0.1, 0.15) is 5.78 Å². The number of rotatable bonds is 7. The Morgan fingerprint density at radius 3 is 2.21 bits per heavy atom. The minimum absolute atomic E-state index is 0.133. The maximum Gasteiger partial charge on any atom is 0.129 e. The second-order valence-electron chi connectivity index (χ2n) is 3.08. The van der Waals surface area contributed by atoms with Crippen molar-refractivity contribution in [1.82, 2.24) is 0 Å². The molecule has 0 heterocycles. The predicted molar refractivity (Wildman–Crippen MR) is 58.4 cm³/mol. The summed E-state index contributed by atoms with van der Waals surface area (Å²) in [5.41, 5.74) is 0. The van der Waals surface area contributed by atoms with E-state index in [1.165, 1.54) is 12.8 Å². The molecule has 0 fully saturated rings. The van der Waals surface area contributed by atoms with Crippen LogP contribution in [0.1, 0.15) is 46.5 Å². The van der Waals surface area contributed by atoms with Crippen LogP contribution in [0.3, 0.4) is 0 Å². The van der Waals surface area contributed by atoms with Crippen molar-refractivity contribution in [3.05, 3.63) is 0 Å². The van der Waals surface area contributed by atoms with E-state index >= 15 is 0 Å². The van der Waals surface area contributed by atoms with Crippen LogP contribution in [0.4, 0.5) is 0 Å². The van der Waals surface area contributed by atoms with Gasteiger partial charge in [-0.15, -0.1) is 0 Å². The van der Waals surface area contributed by atoms with Gasteiger partial charge in [0.05, 0.1) is 13.2 Å². The van der Waals surface area contributed by atoms with Gasteiger partial charge in [-0.25, -0.2) is 0 Å². The lowest BCUT2D eigenvalue weighted by molar-refractivity contribution is -0.117. The summed E-state index contributed by atoms with van der Waals surface area (Å²) in [7, 11) is 0. The molecule has 0 radical (unpaired) electrons. The number of aliphatic hydroxyl groups is 1. The Morgan fingerprint density at radius 2 is 1.93 bits per heavy atom. The molecule has 3 heteroatoms. The minimum Gasteiger partial charge on any atom is -0.394 e. The van der Waals surface area contributed by atoms with Crippen LogP contribution in [0.5, 0.6) is 0 Å². The molecule has 0 unspecified atom stereocenters. The van der Waals surface area contributed by atoms with Crippen molar-refractivity contribution < 1.29 is 14.6 Å². The Morgan fingerprint density at radius 1 is 1.29 bits per heavy atom. The van der Waals surface area contributed by atoms with E-state index in [1.54, 1.807) is 6.92 Å². The molecule has 0 atom stereocenters. The van der Waals surface area contributed by atoms with Crippen molar-refractivity contribution in [3.63, 3.8) is 0 Å². The zero-order valence-corrected chi connectivity index (χ0v) is 9.71. The maximum atomic E-state index is 10.3. The molecule has 0 aromatic heterocycles. The molecule has 0 saturated carbocycles.